The molecule has 0 aromatic heterocycles. The van der Waals surface area contributed by atoms with Gasteiger partial charge in [0.2, 0.25) is 5.91 Å². The van der Waals surface area contributed by atoms with E-state index in [1.54, 1.807) is 0 Å². The first kappa shape index (κ1) is 15.8. The van der Waals surface area contributed by atoms with Crippen LogP contribution in [-0.4, -0.2) is 40.9 Å². The monoisotopic (exact) mass is 272 g/mol. The second-order valence-corrected chi connectivity index (χ2v) is 7.49. The van der Waals surface area contributed by atoms with Crippen molar-refractivity contribution in [3.05, 3.63) is 0 Å². The zero-order valence-electron chi connectivity index (χ0n) is 11.9. The van der Waals surface area contributed by atoms with Gasteiger partial charge in [0.25, 0.3) is 0 Å². The van der Waals surface area contributed by atoms with E-state index in [1.807, 2.05) is 11.8 Å². The molecule has 0 aromatic carbocycles. The Bertz CT molecular complexity index is 256. The quantitative estimate of drug-likeness (QED) is 0.756. The molecule has 3 nitrogen and oxygen atoms in total. The van der Waals surface area contributed by atoms with Gasteiger partial charge in [0.1, 0.15) is 0 Å². The van der Waals surface area contributed by atoms with Crippen molar-refractivity contribution in [1.29, 1.82) is 0 Å². The summed E-state index contributed by atoms with van der Waals surface area (Å²) in [6.07, 6.45) is 6.23. The number of thioether (sulfide) groups is 1. The minimum atomic E-state index is 0.330. The van der Waals surface area contributed by atoms with Crippen molar-refractivity contribution in [1.82, 2.24) is 4.90 Å². The van der Waals surface area contributed by atoms with Gasteiger partial charge in [-0.1, -0.05) is 26.7 Å². The van der Waals surface area contributed by atoms with Gasteiger partial charge in [-0.05, 0) is 25.8 Å². The maximum Gasteiger partial charge on any atom is 0.222 e. The molecule has 0 aliphatic carbocycles. The smallest absolute Gasteiger partial charge is 0.222 e. The fourth-order valence-corrected chi connectivity index (χ4v) is 3.30. The average molecular weight is 272 g/mol. The van der Waals surface area contributed by atoms with E-state index in [9.17, 15) is 4.79 Å². The van der Waals surface area contributed by atoms with Crippen LogP contribution in [0.15, 0.2) is 0 Å². The lowest BCUT2D eigenvalue weighted by molar-refractivity contribution is -0.131. The molecule has 106 valence electrons. The number of carbonyl (C=O) groups excluding carboxylic acids is 1. The van der Waals surface area contributed by atoms with Crippen molar-refractivity contribution >= 4 is 17.7 Å². The van der Waals surface area contributed by atoms with Crippen molar-refractivity contribution in [3.8, 4) is 0 Å². The Hall–Kier alpha value is -0.220. The molecule has 0 aromatic rings. The maximum atomic E-state index is 12.1. The molecule has 1 heterocycles. The number of nitrogens with zero attached hydrogens (tertiary/aromatic N) is 1. The zero-order valence-corrected chi connectivity index (χ0v) is 12.7. The molecule has 2 N–H and O–H groups in total. The highest BCUT2D eigenvalue weighted by Crippen LogP contribution is 2.30. The third-order valence-electron chi connectivity index (χ3n) is 3.54. The molecular weight excluding hydrogens is 244 g/mol. The molecule has 1 aliphatic heterocycles. The van der Waals surface area contributed by atoms with Crippen molar-refractivity contribution in [2.75, 3.05) is 25.4 Å². The van der Waals surface area contributed by atoms with E-state index in [-0.39, 0.29) is 0 Å². The fourth-order valence-electron chi connectivity index (χ4n) is 2.20. The van der Waals surface area contributed by atoms with Crippen molar-refractivity contribution < 1.29 is 4.79 Å². The first-order chi connectivity index (χ1) is 8.55. The molecule has 1 fully saturated rings. The van der Waals surface area contributed by atoms with E-state index in [1.165, 1.54) is 0 Å². The van der Waals surface area contributed by atoms with Gasteiger partial charge >= 0.3 is 0 Å². The van der Waals surface area contributed by atoms with Gasteiger partial charge in [-0.3, -0.25) is 4.79 Å². The van der Waals surface area contributed by atoms with Gasteiger partial charge < -0.3 is 10.6 Å². The largest absolute Gasteiger partial charge is 0.342 e. The van der Waals surface area contributed by atoms with Crippen molar-refractivity contribution in [2.45, 2.75) is 57.1 Å². The van der Waals surface area contributed by atoms with E-state index in [2.05, 4.69) is 18.7 Å². The summed E-state index contributed by atoms with van der Waals surface area (Å²) >= 11 is 1.99. The Morgan fingerprint density at radius 2 is 1.94 bits per heavy atom. The van der Waals surface area contributed by atoms with E-state index in [4.69, 9.17) is 5.73 Å². The summed E-state index contributed by atoms with van der Waals surface area (Å²) < 4.78 is 0.330. The lowest BCUT2D eigenvalue weighted by atomic mass is 10.1. The SMILES string of the molecule is CC1(C)CCN(C(=O)CCCCCCN)CCS1. The second kappa shape index (κ2) is 8.05. The summed E-state index contributed by atoms with van der Waals surface area (Å²) in [6, 6.07) is 0. The number of nitrogens with two attached hydrogens (primary N) is 1. The zero-order chi connectivity index (χ0) is 13.4. The van der Waals surface area contributed by atoms with Gasteiger partial charge in [0.05, 0.1) is 0 Å². The minimum absolute atomic E-state index is 0.330. The minimum Gasteiger partial charge on any atom is -0.342 e. The Morgan fingerprint density at radius 1 is 1.22 bits per heavy atom. The highest BCUT2D eigenvalue weighted by atomic mass is 32.2. The van der Waals surface area contributed by atoms with Crippen LogP contribution >= 0.6 is 11.8 Å². The molecule has 1 amide bonds. The number of hydrogen-bond donors (Lipinski definition) is 1. The van der Waals surface area contributed by atoms with Gasteiger partial charge in [0.15, 0.2) is 0 Å². The van der Waals surface area contributed by atoms with Crippen molar-refractivity contribution in [3.63, 3.8) is 0 Å². The van der Waals surface area contributed by atoms with Crippen LogP contribution in [0.2, 0.25) is 0 Å². The van der Waals surface area contributed by atoms with Crippen LogP contribution in [0, 0.1) is 0 Å². The normalized spacial score (nSPS) is 19.6. The summed E-state index contributed by atoms with van der Waals surface area (Å²) in [5.74, 6) is 1.42. The van der Waals surface area contributed by atoms with E-state index < -0.39 is 0 Å². The number of amides is 1. The number of unbranched alkanes of at least 4 members (excludes halogenated alkanes) is 3. The first-order valence-electron chi connectivity index (χ1n) is 7.17. The summed E-state index contributed by atoms with van der Waals surface area (Å²) in [7, 11) is 0. The van der Waals surface area contributed by atoms with Crippen molar-refractivity contribution in [2.24, 2.45) is 5.73 Å². The van der Waals surface area contributed by atoms with Gasteiger partial charge in [0, 0.05) is 30.0 Å². The van der Waals surface area contributed by atoms with E-state index in [0.29, 0.717) is 10.7 Å². The summed E-state index contributed by atoms with van der Waals surface area (Å²) in [4.78, 5) is 14.1. The van der Waals surface area contributed by atoms with E-state index in [0.717, 1.165) is 63.9 Å². The summed E-state index contributed by atoms with van der Waals surface area (Å²) in [6.45, 7) is 7.18. The second-order valence-electron chi connectivity index (χ2n) is 5.69. The lowest BCUT2D eigenvalue weighted by Crippen LogP contribution is -2.33. The first-order valence-corrected chi connectivity index (χ1v) is 8.15. The third kappa shape index (κ3) is 6.10. The number of hydrogen-bond acceptors (Lipinski definition) is 3. The van der Waals surface area contributed by atoms with Crippen LogP contribution < -0.4 is 5.73 Å². The van der Waals surface area contributed by atoms with E-state index >= 15 is 0 Å². The molecule has 0 saturated carbocycles. The van der Waals surface area contributed by atoms with Gasteiger partial charge in [-0.15, -0.1) is 0 Å². The van der Waals surface area contributed by atoms with Crippen LogP contribution in [0.4, 0.5) is 0 Å². The predicted octanol–water partition coefficient (Wildman–Crippen LogP) is 2.64. The molecule has 1 aliphatic rings. The maximum absolute atomic E-state index is 12.1. The number of rotatable bonds is 6. The molecule has 1 rings (SSSR count). The topological polar surface area (TPSA) is 46.3 Å². The molecule has 0 spiro atoms. The molecule has 18 heavy (non-hydrogen) atoms. The lowest BCUT2D eigenvalue weighted by Gasteiger charge is -2.22. The highest BCUT2D eigenvalue weighted by Gasteiger charge is 2.25. The Balaban J connectivity index is 2.21. The van der Waals surface area contributed by atoms with Gasteiger partial charge in [-0.25, -0.2) is 0 Å². The molecule has 0 bridgehead atoms. The number of carbonyl (C=O) groups is 1. The third-order valence-corrected chi connectivity index (χ3v) is 4.91. The highest BCUT2D eigenvalue weighted by molar-refractivity contribution is 8.00. The van der Waals surface area contributed by atoms with Crippen LogP contribution in [0.5, 0.6) is 0 Å². The Morgan fingerprint density at radius 3 is 2.67 bits per heavy atom. The van der Waals surface area contributed by atoms with Crippen LogP contribution in [0.1, 0.15) is 52.4 Å². The van der Waals surface area contributed by atoms with Gasteiger partial charge in [-0.2, -0.15) is 11.8 Å². The Labute approximate surface area is 116 Å². The molecule has 1 saturated heterocycles. The molecule has 0 radical (unpaired) electrons. The summed E-state index contributed by atoms with van der Waals surface area (Å²) in [5, 5.41) is 0. The standard InChI is InChI=1S/C14H28N2OS/c1-14(2)8-10-16(11-12-18-14)13(17)7-5-3-4-6-9-15/h3-12,15H2,1-2H3. The van der Waals surface area contributed by atoms with Crippen LogP contribution in [-0.2, 0) is 4.79 Å². The van der Waals surface area contributed by atoms with Crippen LogP contribution in [0.3, 0.4) is 0 Å². The fraction of sp³-hybridized carbons (Fsp3) is 0.929. The Kier molecular flexibility index (Phi) is 7.08. The molecular formula is C14H28N2OS. The predicted molar refractivity (Wildman–Crippen MR) is 79.9 cm³/mol. The van der Waals surface area contributed by atoms with Crippen LogP contribution in [0.25, 0.3) is 0 Å². The average Bonchev–Trinajstić information content (AvgIpc) is 2.50. The molecule has 0 atom stereocenters. The molecule has 4 heteroatoms. The summed E-state index contributed by atoms with van der Waals surface area (Å²) in [5.41, 5.74) is 5.45. The molecule has 0 unspecified atom stereocenters.